The molecule has 6 nitrogen and oxygen atoms in total. The van der Waals surface area contributed by atoms with E-state index in [0.717, 1.165) is 19.0 Å². The Bertz CT molecular complexity index is 1040. The number of carbonyl (C=O) groups excluding carboxylic acids is 1. The summed E-state index contributed by atoms with van der Waals surface area (Å²) in [7, 11) is 0. The van der Waals surface area contributed by atoms with Gasteiger partial charge in [0, 0.05) is 50.3 Å². The smallest absolute Gasteiger partial charge is 0.224 e. The van der Waals surface area contributed by atoms with Gasteiger partial charge in [0.15, 0.2) is 11.6 Å². The molecule has 9 heteroatoms. The highest BCUT2D eigenvalue weighted by Crippen LogP contribution is 2.34. The summed E-state index contributed by atoms with van der Waals surface area (Å²) in [5, 5.41) is 9.09. The first-order valence-corrected chi connectivity index (χ1v) is 10.1. The van der Waals surface area contributed by atoms with Crippen LogP contribution in [0.1, 0.15) is 31.4 Å². The number of benzene rings is 1. The van der Waals surface area contributed by atoms with E-state index in [-0.39, 0.29) is 37.8 Å². The molecule has 2 aliphatic rings. The fourth-order valence-electron chi connectivity index (χ4n) is 4.54. The Morgan fingerprint density at radius 1 is 1.22 bits per heavy atom. The molecule has 3 heterocycles. The van der Waals surface area contributed by atoms with E-state index in [1.165, 1.54) is 0 Å². The molecule has 3 atom stereocenters. The summed E-state index contributed by atoms with van der Waals surface area (Å²) in [6.45, 7) is 1.99. The molecule has 1 amide bonds. The van der Waals surface area contributed by atoms with Crippen molar-refractivity contribution in [1.29, 1.82) is 5.26 Å². The Labute approximate surface area is 185 Å². The molecule has 0 spiro atoms. The number of hydrogen-bond acceptors (Lipinski definition) is 5. The van der Waals surface area contributed by atoms with Gasteiger partial charge in [-0.25, -0.2) is 18.2 Å². The molecule has 0 aliphatic carbocycles. The van der Waals surface area contributed by atoms with E-state index < -0.39 is 23.5 Å². The molecule has 1 aromatic heterocycles. The second-order valence-corrected chi connectivity index (χ2v) is 8.15. The second kappa shape index (κ2) is 9.57. The minimum Gasteiger partial charge on any atom is -0.354 e. The number of nitrogens with two attached hydrogens (primary N) is 1. The third kappa shape index (κ3) is 4.70. The number of amides is 1. The third-order valence-corrected chi connectivity index (χ3v) is 6.07. The van der Waals surface area contributed by atoms with Crippen molar-refractivity contribution in [2.75, 3.05) is 24.5 Å². The van der Waals surface area contributed by atoms with Crippen LogP contribution in [-0.4, -0.2) is 47.5 Å². The first kappa shape index (κ1) is 23.5. The summed E-state index contributed by atoms with van der Waals surface area (Å²) in [5.41, 5.74) is 6.52. The molecule has 2 N–H and O–H groups in total. The van der Waals surface area contributed by atoms with Crippen LogP contribution in [0.25, 0.3) is 0 Å². The minimum atomic E-state index is -1.26. The van der Waals surface area contributed by atoms with Gasteiger partial charge in [0.25, 0.3) is 0 Å². The van der Waals surface area contributed by atoms with E-state index >= 15 is 0 Å². The number of anilines is 1. The van der Waals surface area contributed by atoms with Crippen LogP contribution in [0.15, 0.2) is 30.5 Å². The van der Waals surface area contributed by atoms with Gasteiger partial charge >= 0.3 is 0 Å². The maximum atomic E-state index is 13.9. The number of pyridine rings is 1. The molecule has 0 saturated carbocycles. The number of nitrogens with zero attached hydrogens (tertiary/aromatic N) is 4. The van der Waals surface area contributed by atoms with Gasteiger partial charge in [0.05, 0.1) is 17.7 Å². The fraction of sp³-hybridized carbons (Fsp3) is 0.435. The average Bonchev–Trinajstić information content (AvgIpc) is 3.33. The first-order valence-electron chi connectivity index (χ1n) is 10.1. The zero-order chi connectivity index (χ0) is 22.1. The van der Waals surface area contributed by atoms with Crippen LogP contribution in [-0.2, 0) is 11.2 Å². The van der Waals surface area contributed by atoms with Gasteiger partial charge < -0.3 is 15.5 Å². The summed E-state index contributed by atoms with van der Waals surface area (Å²) >= 11 is 0. The number of halogens is 3. The van der Waals surface area contributed by atoms with Gasteiger partial charge in [0.1, 0.15) is 11.6 Å². The third-order valence-electron chi connectivity index (χ3n) is 6.07. The van der Waals surface area contributed by atoms with E-state index in [0.29, 0.717) is 36.5 Å². The number of rotatable bonds is 5. The Hall–Kier alpha value is -3.12. The Morgan fingerprint density at radius 2 is 1.97 bits per heavy atom. The number of nitriles is 1. The minimum absolute atomic E-state index is 0. The highest BCUT2D eigenvalue weighted by molar-refractivity contribution is 5.78. The van der Waals surface area contributed by atoms with Gasteiger partial charge in [-0.2, -0.15) is 5.26 Å². The lowest BCUT2D eigenvalue weighted by Gasteiger charge is -2.26. The van der Waals surface area contributed by atoms with Crippen molar-refractivity contribution in [3.05, 3.63) is 59.0 Å². The lowest BCUT2D eigenvalue weighted by molar-refractivity contribution is -0.132. The van der Waals surface area contributed by atoms with Crippen LogP contribution in [0.3, 0.4) is 0 Å². The van der Waals surface area contributed by atoms with Crippen molar-refractivity contribution in [2.45, 2.75) is 38.8 Å². The zero-order valence-electron chi connectivity index (χ0n) is 16.8. The number of carbonyl (C=O) groups is 1. The SMILES string of the molecule is C.N#Cc1ccnc(N2C[C@@H]3CCN(C(=O)C[C@H](N)Cc4cc(F)c(F)cc4F)[C@@H]3C2)c1. The van der Waals surface area contributed by atoms with Crippen molar-refractivity contribution >= 4 is 11.7 Å². The monoisotopic (exact) mass is 445 g/mol. The molecule has 1 aromatic carbocycles. The van der Waals surface area contributed by atoms with Crippen molar-refractivity contribution in [3.8, 4) is 6.07 Å². The topological polar surface area (TPSA) is 86.2 Å². The van der Waals surface area contributed by atoms with Crippen LogP contribution in [0, 0.1) is 34.7 Å². The molecule has 32 heavy (non-hydrogen) atoms. The predicted octanol–water partition coefficient (Wildman–Crippen LogP) is 3.00. The second-order valence-electron chi connectivity index (χ2n) is 8.15. The fourth-order valence-corrected chi connectivity index (χ4v) is 4.54. The molecule has 0 bridgehead atoms. The normalized spacial score (nSPS) is 20.5. The van der Waals surface area contributed by atoms with Gasteiger partial charge in [-0.1, -0.05) is 7.43 Å². The number of likely N-dealkylation sites (tertiary alicyclic amines) is 1. The van der Waals surface area contributed by atoms with E-state index in [1.807, 2.05) is 0 Å². The zero-order valence-corrected chi connectivity index (χ0v) is 16.8. The maximum absolute atomic E-state index is 13.9. The molecule has 0 radical (unpaired) electrons. The van der Waals surface area contributed by atoms with Crippen LogP contribution >= 0.6 is 0 Å². The summed E-state index contributed by atoms with van der Waals surface area (Å²) < 4.78 is 40.4. The van der Waals surface area contributed by atoms with Gasteiger partial charge in [-0.05, 0) is 36.6 Å². The van der Waals surface area contributed by atoms with Crippen LogP contribution < -0.4 is 10.6 Å². The molecular formula is C23H26F3N5O. The van der Waals surface area contributed by atoms with E-state index in [2.05, 4.69) is 16.0 Å². The number of fused-ring (bicyclic) bond motifs is 1. The number of hydrogen-bond donors (Lipinski definition) is 1. The van der Waals surface area contributed by atoms with Crippen molar-refractivity contribution in [2.24, 2.45) is 11.7 Å². The molecular weight excluding hydrogens is 419 g/mol. The quantitative estimate of drug-likeness (QED) is 0.715. The first-order chi connectivity index (χ1) is 14.9. The lowest BCUT2D eigenvalue weighted by Crippen LogP contribution is -2.42. The Morgan fingerprint density at radius 3 is 2.72 bits per heavy atom. The van der Waals surface area contributed by atoms with Crippen LogP contribution in [0.4, 0.5) is 19.0 Å². The van der Waals surface area contributed by atoms with Crippen molar-refractivity contribution in [3.63, 3.8) is 0 Å². The van der Waals surface area contributed by atoms with E-state index in [1.54, 1.807) is 23.2 Å². The summed E-state index contributed by atoms with van der Waals surface area (Å²) in [5.74, 6) is -2.39. The van der Waals surface area contributed by atoms with Gasteiger partial charge in [-0.15, -0.1) is 0 Å². The summed E-state index contributed by atoms with van der Waals surface area (Å²) in [4.78, 5) is 21.1. The molecule has 2 fully saturated rings. The Kier molecular flexibility index (Phi) is 7.04. The molecule has 2 aromatic rings. The lowest BCUT2D eigenvalue weighted by atomic mass is 10.0. The van der Waals surface area contributed by atoms with Gasteiger partial charge in [-0.3, -0.25) is 4.79 Å². The standard InChI is InChI=1S/C22H22F3N5O.CH4/c23-17-9-19(25)18(24)7-15(17)6-16(27)8-22(31)30-4-2-14-11-29(12-20(14)30)21-5-13(10-26)1-3-28-21;/h1,3,5,7,9,14,16,20H,2,4,6,8,11-12,27H2;1H4/t14-,16+,20+;/m0./s1. The molecule has 0 unspecified atom stereocenters. The predicted molar refractivity (Wildman–Crippen MR) is 114 cm³/mol. The van der Waals surface area contributed by atoms with E-state index in [9.17, 15) is 18.0 Å². The summed E-state index contributed by atoms with van der Waals surface area (Å²) in [6.07, 6.45) is 2.39. The van der Waals surface area contributed by atoms with Gasteiger partial charge in [0.2, 0.25) is 5.91 Å². The van der Waals surface area contributed by atoms with E-state index in [4.69, 9.17) is 11.0 Å². The Balaban J connectivity index is 0.00000289. The van der Waals surface area contributed by atoms with Crippen LogP contribution in [0.5, 0.6) is 0 Å². The average molecular weight is 445 g/mol. The molecule has 4 rings (SSSR count). The highest BCUT2D eigenvalue weighted by Gasteiger charge is 2.43. The van der Waals surface area contributed by atoms with Crippen LogP contribution in [0.2, 0.25) is 0 Å². The molecule has 2 aliphatic heterocycles. The molecule has 2 saturated heterocycles. The maximum Gasteiger partial charge on any atom is 0.224 e. The highest BCUT2D eigenvalue weighted by atomic mass is 19.2. The molecule has 170 valence electrons. The van der Waals surface area contributed by atoms with Crippen molar-refractivity contribution < 1.29 is 18.0 Å². The largest absolute Gasteiger partial charge is 0.354 e. The summed E-state index contributed by atoms with van der Waals surface area (Å²) in [6, 6.07) is 6.08. The number of aromatic nitrogens is 1. The van der Waals surface area contributed by atoms with Crippen molar-refractivity contribution in [1.82, 2.24) is 9.88 Å².